The van der Waals surface area contributed by atoms with Crippen molar-refractivity contribution in [3.05, 3.63) is 56.5 Å². The predicted molar refractivity (Wildman–Crippen MR) is 117 cm³/mol. The molecule has 1 aliphatic rings. The van der Waals surface area contributed by atoms with Crippen molar-refractivity contribution in [2.75, 3.05) is 0 Å². The van der Waals surface area contributed by atoms with Gasteiger partial charge in [0.25, 0.3) is 0 Å². The van der Waals surface area contributed by atoms with Crippen molar-refractivity contribution < 1.29 is 32.9 Å². The van der Waals surface area contributed by atoms with Gasteiger partial charge in [-0.05, 0) is 30.5 Å². The van der Waals surface area contributed by atoms with Gasteiger partial charge in [-0.3, -0.25) is 4.79 Å². The van der Waals surface area contributed by atoms with Crippen LogP contribution >= 0.6 is 22.7 Å². The molecule has 11 heteroatoms. The molecule has 4 rings (SSSR count). The Labute approximate surface area is 195 Å². The minimum absolute atomic E-state index is 0.0769. The maximum atomic E-state index is 12.6. The minimum atomic E-state index is -4.36. The number of alkyl halides is 3. The molecule has 0 aliphatic heterocycles. The fourth-order valence-electron chi connectivity index (χ4n) is 3.53. The molecule has 0 amide bonds. The number of benzene rings is 1. The Morgan fingerprint density at radius 1 is 1.09 bits per heavy atom. The number of rotatable bonds is 9. The Morgan fingerprint density at radius 3 is 2.45 bits per heavy atom. The van der Waals surface area contributed by atoms with E-state index in [0.717, 1.165) is 12.1 Å². The van der Waals surface area contributed by atoms with Crippen LogP contribution in [0.25, 0.3) is 10.6 Å². The summed E-state index contributed by atoms with van der Waals surface area (Å²) >= 11 is 2.63. The van der Waals surface area contributed by atoms with Gasteiger partial charge in [0, 0.05) is 11.3 Å². The monoisotopic (exact) mass is 498 g/mol. The van der Waals surface area contributed by atoms with E-state index >= 15 is 0 Å². The van der Waals surface area contributed by atoms with Crippen LogP contribution in [0.3, 0.4) is 0 Å². The molecule has 33 heavy (non-hydrogen) atoms. The van der Waals surface area contributed by atoms with E-state index in [1.54, 1.807) is 0 Å². The van der Waals surface area contributed by atoms with E-state index in [-0.39, 0.29) is 44.0 Å². The number of hydrogen-bond donors (Lipinski definition) is 2. The lowest BCUT2D eigenvalue weighted by molar-refractivity contribution is -0.137. The molecule has 0 atom stereocenters. The highest BCUT2D eigenvalue weighted by Gasteiger charge is 2.35. The quantitative estimate of drug-likeness (QED) is 0.455. The van der Waals surface area contributed by atoms with Crippen molar-refractivity contribution in [1.29, 1.82) is 0 Å². The Balaban J connectivity index is 1.25. The van der Waals surface area contributed by atoms with E-state index < -0.39 is 11.7 Å². The first-order chi connectivity index (χ1) is 15.8. The molecule has 1 saturated carbocycles. The van der Waals surface area contributed by atoms with Gasteiger partial charge >= 0.3 is 6.18 Å². The summed E-state index contributed by atoms with van der Waals surface area (Å²) < 4.78 is 43.6. The molecule has 3 aromatic rings. The van der Waals surface area contributed by atoms with Gasteiger partial charge in [0.1, 0.15) is 15.8 Å². The van der Waals surface area contributed by atoms with Crippen molar-refractivity contribution in [2.45, 2.75) is 51.4 Å². The summed E-state index contributed by atoms with van der Waals surface area (Å²) in [6, 6.07) is 4.88. The van der Waals surface area contributed by atoms with Crippen LogP contribution in [-0.4, -0.2) is 32.1 Å². The van der Waals surface area contributed by atoms with Crippen LogP contribution in [0, 0.1) is 5.92 Å². The summed E-state index contributed by atoms with van der Waals surface area (Å²) in [4.78, 5) is 21.9. The summed E-state index contributed by atoms with van der Waals surface area (Å²) in [5.41, 5.74) is 1.06. The molecule has 2 N–H and O–H groups in total. The lowest BCUT2D eigenvalue weighted by Gasteiger charge is -2.34. The number of aromatic nitrogens is 2. The fraction of sp³-hybridized carbons (Fsp3) is 0.409. The highest BCUT2D eigenvalue weighted by molar-refractivity contribution is 7.16. The average molecular weight is 499 g/mol. The van der Waals surface area contributed by atoms with Gasteiger partial charge in [-0.1, -0.05) is 12.1 Å². The lowest BCUT2D eigenvalue weighted by atomic mass is 9.78. The Morgan fingerprint density at radius 2 is 1.82 bits per heavy atom. The van der Waals surface area contributed by atoms with Crippen LogP contribution in [0.5, 0.6) is 0 Å². The first-order valence-electron chi connectivity index (χ1n) is 10.2. The third-order valence-electron chi connectivity index (χ3n) is 5.45. The van der Waals surface area contributed by atoms with Gasteiger partial charge in [-0.2, -0.15) is 13.2 Å². The molecule has 1 aliphatic carbocycles. The second kappa shape index (κ2) is 9.98. The van der Waals surface area contributed by atoms with E-state index in [9.17, 15) is 28.2 Å². The Bertz CT molecular complexity index is 1110. The Kier molecular flexibility index (Phi) is 7.25. The van der Waals surface area contributed by atoms with Crippen molar-refractivity contribution in [2.24, 2.45) is 5.92 Å². The molecule has 1 fully saturated rings. The SMILES string of the molecule is O=C(Cc1nc(-c2sc(CO)nc2CO)cs1)C1CC(OCc2ccc(C(F)(F)F)cc2)C1. The van der Waals surface area contributed by atoms with Crippen LogP contribution in [0.15, 0.2) is 29.6 Å². The van der Waals surface area contributed by atoms with Gasteiger partial charge in [-0.25, -0.2) is 9.97 Å². The molecule has 2 aromatic heterocycles. The molecule has 6 nitrogen and oxygen atoms in total. The molecule has 0 bridgehead atoms. The van der Waals surface area contributed by atoms with Crippen LogP contribution in [0.2, 0.25) is 0 Å². The topological polar surface area (TPSA) is 92.5 Å². The van der Waals surface area contributed by atoms with Crippen LogP contribution in [-0.2, 0) is 41.9 Å². The molecule has 0 saturated heterocycles. The third kappa shape index (κ3) is 5.67. The maximum absolute atomic E-state index is 12.6. The molecule has 2 heterocycles. The Hall–Kier alpha value is -2.18. The van der Waals surface area contributed by atoms with Gasteiger partial charge in [0.15, 0.2) is 0 Å². The number of hydrogen-bond acceptors (Lipinski definition) is 8. The largest absolute Gasteiger partial charge is 0.416 e. The number of carbonyl (C=O) groups is 1. The first-order valence-corrected chi connectivity index (χ1v) is 11.9. The molecular weight excluding hydrogens is 477 g/mol. The van der Waals surface area contributed by atoms with Crippen LogP contribution in [0.1, 0.15) is 39.7 Å². The van der Waals surface area contributed by atoms with E-state index in [1.807, 2.05) is 5.38 Å². The minimum Gasteiger partial charge on any atom is -0.390 e. The number of Topliss-reactive ketones (excluding diaryl/α,β-unsaturated/α-hetero) is 1. The number of aliphatic hydroxyl groups is 2. The molecular formula is C22H21F3N2O4S2. The van der Waals surface area contributed by atoms with Crippen molar-refractivity contribution in [3.8, 4) is 10.6 Å². The number of ketones is 1. The van der Waals surface area contributed by atoms with E-state index in [2.05, 4.69) is 9.97 Å². The smallest absolute Gasteiger partial charge is 0.390 e. The number of ether oxygens (including phenoxy) is 1. The highest BCUT2D eigenvalue weighted by atomic mass is 32.1. The van der Waals surface area contributed by atoms with Gasteiger partial charge in [-0.15, -0.1) is 22.7 Å². The summed E-state index contributed by atoms with van der Waals surface area (Å²) in [7, 11) is 0. The van der Waals surface area contributed by atoms with E-state index in [0.29, 0.717) is 44.7 Å². The number of thiazole rings is 2. The third-order valence-corrected chi connectivity index (χ3v) is 7.41. The normalized spacial score (nSPS) is 18.3. The molecule has 0 spiro atoms. The standard InChI is InChI=1S/C22H21F3N2O4S2/c23-22(24,25)14-3-1-12(2-4-14)10-31-15-5-13(6-15)18(30)7-19-27-17(11-32-19)21-16(8-28)26-20(9-29)33-21/h1-4,11,13,15,28-29H,5-10H2. The summed E-state index contributed by atoms with van der Waals surface area (Å²) in [6.45, 7) is -0.262. The number of carbonyl (C=O) groups excluding carboxylic acids is 1. The average Bonchev–Trinajstić information content (AvgIpc) is 3.38. The molecule has 1 aromatic carbocycles. The number of nitrogens with zero attached hydrogens (tertiary/aromatic N) is 2. The first kappa shape index (κ1) is 24.0. The summed E-state index contributed by atoms with van der Waals surface area (Å²) in [5, 5.41) is 21.7. The zero-order valence-electron chi connectivity index (χ0n) is 17.3. The molecule has 0 unspecified atom stereocenters. The van der Waals surface area contributed by atoms with E-state index in [1.165, 1.54) is 34.8 Å². The number of halogens is 3. The van der Waals surface area contributed by atoms with Gasteiger partial charge in [0.05, 0.1) is 54.2 Å². The predicted octanol–water partition coefficient (Wildman–Crippen LogP) is 4.38. The zero-order chi connectivity index (χ0) is 23.6. The molecule has 176 valence electrons. The summed E-state index contributed by atoms with van der Waals surface area (Å²) in [5.74, 6) is -0.0413. The van der Waals surface area contributed by atoms with Gasteiger partial charge in [0.2, 0.25) is 0 Å². The van der Waals surface area contributed by atoms with Crippen molar-refractivity contribution in [1.82, 2.24) is 9.97 Å². The van der Waals surface area contributed by atoms with E-state index in [4.69, 9.17) is 4.74 Å². The molecule has 0 radical (unpaired) electrons. The number of aliphatic hydroxyl groups excluding tert-OH is 2. The fourth-order valence-corrected chi connectivity index (χ4v) is 5.30. The van der Waals surface area contributed by atoms with Crippen LogP contribution < -0.4 is 0 Å². The second-order valence-electron chi connectivity index (χ2n) is 7.77. The highest BCUT2D eigenvalue weighted by Crippen LogP contribution is 2.35. The maximum Gasteiger partial charge on any atom is 0.416 e. The zero-order valence-corrected chi connectivity index (χ0v) is 19.0. The second-order valence-corrected chi connectivity index (χ2v) is 9.79. The van der Waals surface area contributed by atoms with Crippen LogP contribution in [0.4, 0.5) is 13.2 Å². The summed E-state index contributed by atoms with van der Waals surface area (Å²) in [6.07, 6.45) is -3.07. The lowest BCUT2D eigenvalue weighted by Crippen LogP contribution is -2.37. The van der Waals surface area contributed by atoms with Crippen molar-refractivity contribution >= 4 is 28.5 Å². The van der Waals surface area contributed by atoms with Crippen molar-refractivity contribution in [3.63, 3.8) is 0 Å². The van der Waals surface area contributed by atoms with Gasteiger partial charge < -0.3 is 14.9 Å².